The van der Waals surface area contributed by atoms with Gasteiger partial charge in [-0.05, 0) is 25.7 Å². The van der Waals surface area contributed by atoms with E-state index in [9.17, 15) is 26.7 Å². The van der Waals surface area contributed by atoms with E-state index in [1.54, 1.807) is 0 Å². The van der Waals surface area contributed by atoms with Gasteiger partial charge in [0.25, 0.3) is 0 Å². The summed E-state index contributed by atoms with van der Waals surface area (Å²) in [6.07, 6.45) is -4.19. The smallest absolute Gasteiger partial charge is 0.373 e. The molecular weight excluding hydrogens is 439 g/mol. The van der Waals surface area contributed by atoms with Crippen LogP contribution in [0.5, 0.6) is 0 Å². The second-order valence-electron chi connectivity index (χ2n) is 9.58. The number of amides is 1. The van der Waals surface area contributed by atoms with Gasteiger partial charge < -0.3 is 19.5 Å². The van der Waals surface area contributed by atoms with Gasteiger partial charge in [-0.1, -0.05) is 5.16 Å². The number of hydrogen-bond donors (Lipinski definition) is 1. The van der Waals surface area contributed by atoms with Gasteiger partial charge in [-0.2, -0.15) is 18.2 Å². The number of aromatic nitrogens is 2. The van der Waals surface area contributed by atoms with Gasteiger partial charge in [-0.25, -0.2) is 8.78 Å². The van der Waals surface area contributed by atoms with Crippen molar-refractivity contribution in [3.05, 3.63) is 11.7 Å². The number of alkyl halides is 5. The first-order chi connectivity index (χ1) is 15.0. The van der Waals surface area contributed by atoms with Crippen LogP contribution in [0.4, 0.5) is 22.0 Å². The lowest BCUT2D eigenvalue weighted by Gasteiger charge is -2.47. The van der Waals surface area contributed by atoms with Gasteiger partial charge in [0, 0.05) is 44.8 Å². The molecule has 1 aromatic heterocycles. The molecular formula is C20H25F5N4O3. The third kappa shape index (κ3) is 3.59. The Hall–Kier alpha value is -1.82. The van der Waals surface area contributed by atoms with Crippen molar-refractivity contribution in [2.45, 2.75) is 80.0 Å². The van der Waals surface area contributed by atoms with Crippen LogP contribution < -0.4 is 5.32 Å². The van der Waals surface area contributed by atoms with Crippen molar-refractivity contribution in [2.24, 2.45) is 0 Å². The van der Waals surface area contributed by atoms with E-state index < -0.39 is 61.0 Å². The van der Waals surface area contributed by atoms with E-state index in [1.165, 1.54) is 4.90 Å². The number of carbonyl (C=O) groups is 1. The summed E-state index contributed by atoms with van der Waals surface area (Å²) in [5, 5.41) is 6.73. The average Bonchev–Trinajstić information content (AvgIpc) is 3.20. The molecule has 32 heavy (non-hydrogen) atoms. The number of rotatable bonds is 3. The molecule has 0 unspecified atom stereocenters. The first kappa shape index (κ1) is 22.0. The standard InChI is InChI=1S/C20H25F5N4O3/c21-19(22)9-12(10-19)14-27-16(28-32-14)18(20(23,24)25)3-6-29(7-4-18)15(30)13-1-2-17(11-26-13)5-8-31-17/h12-13,26H,1-11H2/t13-,17+/m0/s1. The van der Waals surface area contributed by atoms with Crippen LogP contribution >= 0.6 is 0 Å². The predicted molar refractivity (Wildman–Crippen MR) is 99.1 cm³/mol. The number of carbonyl (C=O) groups excluding carboxylic acids is 1. The van der Waals surface area contributed by atoms with Crippen LogP contribution in [0.2, 0.25) is 0 Å². The molecule has 2 atom stereocenters. The van der Waals surface area contributed by atoms with Crippen LogP contribution in [-0.4, -0.2) is 70.9 Å². The number of halogens is 5. The van der Waals surface area contributed by atoms with Gasteiger partial charge in [-0.3, -0.25) is 4.79 Å². The lowest BCUT2D eigenvalue weighted by molar-refractivity contribution is -0.206. The largest absolute Gasteiger partial charge is 0.401 e. The maximum Gasteiger partial charge on any atom is 0.401 e. The highest BCUT2D eigenvalue weighted by atomic mass is 19.4. The molecule has 12 heteroatoms. The Bertz CT molecular complexity index is 859. The van der Waals surface area contributed by atoms with E-state index in [1.807, 2.05) is 0 Å². The van der Waals surface area contributed by atoms with Gasteiger partial charge in [-0.15, -0.1) is 0 Å². The first-order valence-electron chi connectivity index (χ1n) is 11.0. The molecule has 1 spiro atoms. The van der Waals surface area contributed by atoms with Crippen molar-refractivity contribution in [1.82, 2.24) is 20.4 Å². The monoisotopic (exact) mass is 464 g/mol. The zero-order chi connectivity index (χ0) is 22.8. The fourth-order valence-electron chi connectivity index (χ4n) is 5.24. The Morgan fingerprint density at radius 2 is 1.81 bits per heavy atom. The van der Waals surface area contributed by atoms with Crippen LogP contribution in [0, 0.1) is 0 Å². The van der Waals surface area contributed by atoms with Crippen molar-refractivity contribution in [2.75, 3.05) is 26.2 Å². The highest BCUT2D eigenvalue weighted by molar-refractivity contribution is 5.82. The quantitative estimate of drug-likeness (QED) is 0.693. The summed E-state index contributed by atoms with van der Waals surface area (Å²) in [5.41, 5.74) is -2.55. The molecule has 0 radical (unpaired) electrons. The third-order valence-electron chi connectivity index (χ3n) is 7.60. The Kier molecular flexibility index (Phi) is 5.05. The highest BCUT2D eigenvalue weighted by Gasteiger charge is 2.61. The molecule has 1 amide bonds. The molecule has 4 fully saturated rings. The molecule has 1 aromatic rings. The summed E-state index contributed by atoms with van der Waals surface area (Å²) in [7, 11) is 0. The highest BCUT2D eigenvalue weighted by Crippen LogP contribution is 2.50. The zero-order valence-corrected chi connectivity index (χ0v) is 17.4. The Morgan fingerprint density at radius 1 is 1.12 bits per heavy atom. The maximum atomic E-state index is 14.2. The minimum absolute atomic E-state index is 0.0937. The molecule has 1 aliphatic carbocycles. The van der Waals surface area contributed by atoms with E-state index in [4.69, 9.17) is 9.26 Å². The second kappa shape index (κ2) is 7.34. The molecule has 4 heterocycles. The minimum atomic E-state index is -4.66. The first-order valence-corrected chi connectivity index (χ1v) is 11.0. The number of piperidine rings is 2. The molecule has 5 rings (SSSR count). The summed E-state index contributed by atoms with van der Waals surface area (Å²) >= 11 is 0. The lowest BCUT2D eigenvalue weighted by atomic mass is 9.76. The molecule has 0 aromatic carbocycles. The fourth-order valence-corrected chi connectivity index (χ4v) is 5.24. The Morgan fingerprint density at radius 3 is 2.31 bits per heavy atom. The van der Waals surface area contributed by atoms with Crippen LogP contribution in [0.3, 0.4) is 0 Å². The number of nitrogens with one attached hydrogen (secondary N) is 1. The molecule has 3 aliphatic heterocycles. The number of nitrogens with zero attached hydrogens (tertiary/aromatic N) is 3. The second-order valence-corrected chi connectivity index (χ2v) is 9.58. The van der Waals surface area contributed by atoms with Gasteiger partial charge >= 0.3 is 6.18 Å². The Labute approximate surface area is 181 Å². The summed E-state index contributed by atoms with van der Waals surface area (Å²) < 4.78 is 79.3. The number of likely N-dealkylation sites (tertiary alicyclic amines) is 1. The van der Waals surface area contributed by atoms with E-state index >= 15 is 0 Å². The van der Waals surface area contributed by atoms with Crippen molar-refractivity contribution >= 4 is 5.91 Å². The Balaban J connectivity index is 1.25. The summed E-state index contributed by atoms with van der Waals surface area (Å²) in [5.74, 6) is -4.47. The van der Waals surface area contributed by atoms with Gasteiger partial charge in [0.1, 0.15) is 5.41 Å². The van der Waals surface area contributed by atoms with Crippen molar-refractivity contribution in [3.63, 3.8) is 0 Å². The lowest BCUT2D eigenvalue weighted by Crippen LogP contribution is -2.62. The summed E-state index contributed by atoms with van der Waals surface area (Å²) in [6.45, 7) is 1.09. The van der Waals surface area contributed by atoms with E-state index in [0.717, 1.165) is 12.8 Å². The maximum absolute atomic E-state index is 14.2. The third-order valence-corrected chi connectivity index (χ3v) is 7.60. The van der Waals surface area contributed by atoms with Crippen molar-refractivity contribution < 1.29 is 36.0 Å². The molecule has 3 saturated heterocycles. The van der Waals surface area contributed by atoms with Crippen LogP contribution in [-0.2, 0) is 14.9 Å². The van der Waals surface area contributed by atoms with Crippen LogP contribution in [0.15, 0.2) is 4.52 Å². The minimum Gasteiger partial charge on any atom is -0.373 e. The molecule has 4 aliphatic rings. The normalized spacial score (nSPS) is 32.4. The fraction of sp³-hybridized carbons (Fsp3) is 0.850. The average molecular weight is 464 g/mol. The molecule has 1 N–H and O–H groups in total. The van der Waals surface area contributed by atoms with Crippen molar-refractivity contribution in [3.8, 4) is 0 Å². The van der Waals surface area contributed by atoms with Crippen LogP contribution in [0.25, 0.3) is 0 Å². The van der Waals surface area contributed by atoms with Gasteiger partial charge in [0.2, 0.25) is 17.7 Å². The molecule has 7 nitrogen and oxygen atoms in total. The molecule has 178 valence electrons. The summed E-state index contributed by atoms with van der Waals surface area (Å²) in [6, 6.07) is -0.430. The van der Waals surface area contributed by atoms with Gasteiger partial charge in [0.15, 0.2) is 5.82 Å². The van der Waals surface area contributed by atoms with Crippen LogP contribution in [0.1, 0.15) is 62.6 Å². The number of hydrogen-bond acceptors (Lipinski definition) is 6. The molecule has 0 bridgehead atoms. The van der Waals surface area contributed by atoms with E-state index in [2.05, 4.69) is 15.5 Å². The van der Waals surface area contributed by atoms with Gasteiger partial charge in [0.05, 0.1) is 18.2 Å². The van der Waals surface area contributed by atoms with E-state index in [-0.39, 0.29) is 30.5 Å². The van der Waals surface area contributed by atoms with Crippen molar-refractivity contribution in [1.29, 1.82) is 0 Å². The molecule has 1 saturated carbocycles. The van der Waals surface area contributed by atoms with E-state index in [0.29, 0.717) is 19.6 Å². The predicted octanol–water partition coefficient (Wildman–Crippen LogP) is 2.92. The zero-order valence-electron chi connectivity index (χ0n) is 17.4. The SMILES string of the molecule is O=C([C@@H]1CC[C@@]2(CCO2)CN1)N1CCC(c2noc(C3CC(F)(F)C3)n2)(C(F)(F)F)CC1. The summed E-state index contributed by atoms with van der Waals surface area (Å²) in [4.78, 5) is 18.2. The number of ether oxygens (including phenoxy) is 1. The topological polar surface area (TPSA) is 80.5 Å².